The molecule has 0 radical (unpaired) electrons. The van der Waals surface area contributed by atoms with E-state index in [1.165, 1.54) is 0 Å². The quantitative estimate of drug-likeness (QED) is 0.735. The van der Waals surface area contributed by atoms with E-state index in [-0.39, 0.29) is 5.92 Å². The monoisotopic (exact) mass is 196 g/mol. The Morgan fingerprint density at radius 1 is 1.77 bits per heavy atom. The highest BCUT2D eigenvalue weighted by molar-refractivity contribution is 7.09. The minimum atomic E-state index is -0.742. The zero-order valence-corrected chi connectivity index (χ0v) is 8.09. The van der Waals surface area contributed by atoms with Gasteiger partial charge >= 0.3 is 5.97 Å². The molecule has 1 heterocycles. The second-order valence-corrected chi connectivity index (χ2v) is 3.88. The van der Waals surface area contributed by atoms with Crippen molar-refractivity contribution in [3.05, 3.63) is 35.0 Å². The number of carboxylic acid groups (broad SMARTS) is 1. The molecular weight excluding hydrogens is 184 g/mol. The minimum Gasteiger partial charge on any atom is -0.481 e. The van der Waals surface area contributed by atoms with Gasteiger partial charge < -0.3 is 5.11 Å². The Bertz CT molecular complexity index is 277. The highest BCUT2D eigenvalue weighted by Gasteiger charge is 2.16. The molecule has 70 valence electrons. The zero-order valence-electron chi connectivity index (χ0n) is 7.27. The number of thiophene rings is 1. The average molecular weight is 196 g/mol. The van der Waals surface area contributed by atoms with Crippen LogP contribution in [0.1, 0.15) is 11.3 Å². The lowest BCUT2D eigenvalue weighted by Crippen LogP contribution is -2.14. The number of rotatable bonds is 5. The standard InChI is InChI=1S/C10H12O2S/c1-2-4-8(10(11)12)7-9-5-3-6-13-9/h2-3,5-6,8H,1,4,7H2,(H,11,12). The topological polar surface area (TPSA) is 37.3 Å². The van der Waals surface area contributed by atoms with Crippen molar-refractivity contribution >= 4 is 17.3 Å². The maximum atomic E-state index is 10.8. The van der Waals surface area contributed by atoms with Gasteiger partial charge in [-0.15, -0.1) is 17.9 Å². The van der Waals surface area contributed by atoms with Crippen LogP contribution < -0.4 is 0 Å². The van der Waals surface area contributed by atoms with Crippen LogP contribution in [0.4, 0.5) is 0 Å². The molecule has 0 saturated carbocycles. The Morgan fingerprint density at radius 2 is 2.54 bits per heavy atom. The van der Waals surface area contributed by atoms with Crippen molar-refractivity contribution < 1.29 is 9.90 Å². The molecule has 1 unspecified atom stereocenters. The SMILES string of the molecule is C=CCC(Cc1cccs1)C(=O)O. The number of carboxylic acids is 1. The average Bonchev–Trinajstić information content (AvgIpc) is 2.56. The van der Waals surface area contributed by atoms with E-state index in [0.717, 1.165) is 4.88 Å². The minimum absolute atomic E-state index is 0.323. The summed E-state index contributed by atoms with van der Waals surface area (Å²) in [4.78, 5) is 11.9. The van der Waals surface area contributed by atoms with Crippen molar-refractivity contribution in [2.45, 2.75) is 12.8 Å². The maximum absolute atomic E-state index is 10.8. The summed E-state index contributed by atoms with van der Waals surface area (Å²) in [5.41, 5.74) is 0. The lowest BCUT2D eigenvalue weighted by Gasteiger charge is -2.07. The maximum Gasteiger partial charge on any atom is 0.307 e. The van der Waals surface area contributed by atoms with Crippen molar-refractivity contribution in [3.63, 3.8) is 0 Å². The second-order valence-electron chi connectivity index (χ2n) is 2.84. The number of allylic oxidation sites excluding steroid dienone is 1. The molecule has 0 saturated heterocycles. The van der Waals surface area contributed by atoms with E-state index in [1.807, 2.05) is 17.5 Å². The molecular formula is C10H12O2S. The highest BCUT2D eigenvalue weighted by Crippen LogP contribution is 2.17. The zero-order chi connectivity index (χ0) is 9.68. The van der Waals surface area contributed by atoms with Crippen LogP contribution in [0, 0.1) is 5.92 Å². The molecule has 1 N–H and O–H groups in total. The Hall–Kier alpha value is -1.09. The number of aliphatic carboxylic acids is 1. The van der Waals surface area contributed by atoms with Gasteiger partial charge in [-0.1, -0.05) is 12.1 Å². The molecule has 2 nitrogen and oxygen atoms in total. The van der Waals surface area contributed by atoms with Crippen LogP contribution in [-0.4, -0.2) is 11.1 Å². The van der Waals surface area contributed by atoms with Crippen molar-refractivity contribution in [1.29, 1.82) is 0 Å². The lowest BCUT2D eigenvalue weighted by molar-refractivity contribution is -0.141. The summed E-state index contributed by atoms with van der Waals surface area (Å²) in [7, 11) is 0. The number of carbonyl (C=O) groups is 1. The molecule has 0 amide bonds. The van der Waals surface area contributed by atoms with Crippen molar-refractivity contribution in [1.82, 2.24) is 0 Å². The fraction of sp³-hybridized carbons (Fsp3) is 0.300. The largest absolute Gasteiger partial charge is 0.481 e. The van der Waals surface area contributed by atoms with Crippen molar-refractivity contribution in [2.24, 2.45) is 5.92 Å². The molecule has 0 bridgehead atoms. The first-order valence-electron chi connectivity index (χ1n) is 4.10. The Morgan fingerprint density at radius 3 is 3.00 bits per heavy atom. The van der Waals surface area contributed by atoms with Gasteiger partial charge in [0.15, 0.2) is 0 Å². The van der Waals surface area contributed by atoms with E-state index in [0.29, 0.717) is 12.8 Å². The molecule has 1 rings (SSSR count). The molecule has 0 aromatic carbocycles. The third kappa shape index (κ3) is 3.03. The molecule has 0 aliphatic heterocycles. The summed E-state index contributed by atoms with van der Waals surface area (Å²) in [6.45, 7) is 3.55. The van der Waals surface area contributed by atoms with Gasteiger partial charge in [0.2, 0.25) is 0 Å². The predicted octanol–water partition coefficient (Wildman–Crippen LogP) is 2.57. The predicted molar refractivity (Wildman–Crippen MR) is 54.0 cm³/mol. The molecule has 1 atom stereocenters. The highest BCUT2D eigenvalue weighted by atomic mass is 32.1. The molecule has 0 spiro atoms. The Kier molecular flexibility index (Phi) is 3.71. The first kappa shape index (κ1) is 9.99. The van der Waals surface area contributed by atoms with Gasteiger partial charge in [-0.25, -0.2) is 0 Å². The van der Waals surface area contributed by atoms with Crippen LogP contribution in [0.2, 0.25) is 0 Å². The van der Waals surface area contributed by atoms with Crippen LogP contribution in [-0.2, 0) is 11.2 Å². The van der Waals surface area contributed by atoms with E-state index in [9.17, 15) is 4.79 Å². The van der Waals surface area contributed by atoms with Gasteiger partial charge in [0, 0.05) is 4.88 Å². The van der Waals surface area contributed by atoms with Gasteiger partial charge in [0.1, 0.15) is 0 Å². The van der Waals surface area contributed by atoms with Crippen LogP contribution in [0.5, 0.6) is 0 Å². The molecule has 1 aromatic rings. The van der Waals surface area contributed by atoms with Crippen LogP contribution in [0.15, 0.2) is 30.2 Å². The third-order valence-corrected chi connectivity index (χ3v) is 2.73. The third-order valence-electron chi connectivity index (χ3n) is 1.83. The summed E-state index contributed by atoms with van der Waals surface area (Å²) < 4.78 is 0. The fourth-order valence-electron chi connectivity index (χ4n) is 1.14. The van der Waals surface area contributed by atoms with E-state index in [1.54, 1.807) is 17.4 Å². The molecule has 0 aliphatic carbocycles. The summed E-state index contributed by atoms with van der Waals surface area (Å²) >= 11 is 1.60. The molecule has 3 heteroatoms. The normalized spacial score (nSPS) is 12.3. The fourth-order valence-corrected chi connectivity index (χ4v) is 1.93. The molecule has 13 heavy (non-hydrogen) atoms. The van der Waals surface area contributed by atoms with Gasteiger partial charge in [-0.05, 0) is 24.3 Å². The van der Waals surface area contributed by atoms with Gasteiger partial charge in [0.05, 0.1) is 5.92 Å². The summed E-state index contributed by atoms with van der Waals surface area (Å²) in [5, 5.41) is 10.8. The van der Waals surface area contributed by atoms with E-state index in [4.69, 9.17) is 5.11 Å². The molecule has 0 aliphatic rings. The molecule has 0 fully saturated rings. The van der Waals surface area contributed by atoms with Crippen LogP contribution in [0.25, 0.3) is 0 Å². The van der Waals surface area contributed by atoms with Gasteiger partial charge in [-0.2, -0.15) is 0 Å². The summed E-state index contributed by atoms with van der Waals surface area (Å²) in [6.07, 6.45) is 2.80. The van der Waals surface area contributed by atoms with E-state index < -0.39 is 5.97 Å². The number of hydrogen-bond donors (Lipinski definition) is 1. The van der Waals surface area contributed by atoms with Crippen molar-refractivity contribution in [3.8, 4) is 0 Å². The van der Waals surface area contributed by atoms with E-state index >= 15 is 0 Å². The molecule has 1 aromatic heterocycles. The Balaban J connectivity index is 2.57. The summed E-state index contributed by atoms with van der Waals surface area (Å²) in [6, 6.07) is 3.90. The first-order chi connectivity index (χ1) is 6.24. The van der Waals surface area contributed by atoms with Crippen LogP contribution >= 0.6 is 11.3 Å². The van der Waals surface area contributed by atoms with Crippen molar-refractivity contribution in [2.75, 3.05) is 0 Å². The summed E-state index contributed by atoms with van der Waals surface area (Å²) in [5.74, 6) is -1.07. The Labute approximate surface area is 81.5 Å². The van der Waals surface area contributed by atoms with Gasteiger partial charge in [-0.3, -0.25) is 4.79 Å². The lowest BCUT2D eigenvalue weighted by atomic mass is 10.0. The smallest absolute Gasteiger partial charge is 0.307 e. The van der Waals surface area contributed by atoms with Gasteiger partial charge in [0.25, 0.3) is 0 Å². The first-order valence-corrected chi connectivity index (χ1v) is 4.98. The number of hydrogen-bond acceptors (Lipinski definition) is 2. The second kappa shape index (κ2) is 4.82. The van der Waals surface area contributed by atoms with E-state index in [2.05, 4.69) is 6.58 Å². The van der Waals surface area contributed by atoms with Crippen LogP contribution in [0.3, 0.4) is 0 Å².